The van der Waals surface area contributed by atoms with Crippen LogP contribution in [0.1, 0.15) is 0 Å². The lowest BCUT2D eigenvalue weighted by Gasteiger charge is -2.11. The summed E-state index contributed by atoms with van der Waals surface area (Å²) in [6, 6.07) is 7.27. The Morgan fingerprint density at radius 1 is 1.22 bits per heavy atom. The highest BCUT2D eigenvalue weighted by Crippen LogP contribution is 2.31. The Balaban J connectivity index is 1.70. The SMILES string of the molecule is CN(C)c1ccc2sc(SCC(=O)Nc3cc(=O)n(C)c(=O)n3C)nc2c1. The van der Waals surface area contributed by atoms with Crippen molar-refractivity contribution in [3.05, 3.63) is 45.1 Å². The van der Waals surface area contributed by atoms with Crippen LogP contribution >= 0.6 is 23.1 Å². The van der Waals surface area contributed by atoms with E-state index >= 15 is 0 Å². The summed E-state index contributed by atoms with van der Waals surface area (Å²) in [6.07, 6.45) is 0. The Kier molecular flexibility index (Phi) is 5.38. The highest BCUT2D eigenvalue weighted by atomic mass is 32.2. The van der Waals surface area contributed by atoms with Gasteiger partial charge < -0.3 is 10.2 Å². The molecular formula is C17H19N5O3S2. The Hall–Kier alpha value is -2.59. The van der Waals surface area contributed by atoms with Gasteiger partial charge in [-0.05, 0) is 18.2 Å². The second-order valence-electron chi connectivity index (χ2n) is 6.13. The molecule has 10 heteroatoms. The number of fused-ring (bicyclic) bond motifs is 1. The fourth-order valence-electron chi connectivity index (χ4n) is 2.39. The van der Waals surface area contributed by atoms with E-state index in [1.807, 2.05) is 37.2 Å². The summed E-state index contributed by atoms with van der Waals surface area (Å²) < 4.78 is 4.05. The number of nitrogens with zero attached hydrogens (tertiary/aromatic N) is 4. The van der Waals surface area contributed by atoms with E-state index in [9.17, 15) is 14.4 Å². The molecule has 1 N–H and O–H groups in total. The van der Waals surface area contributed by atoms with E-state index in [4.69, 9.17) is 0 Å². The minimum Gasteiger partial charge on any atom is -0.378 e. The summed E-state index contributed by atoms with van der Waals surface area (Å²) in [7, 11) is 6.83. The van der Waals surface area contributed by atoms with Gasteiger partial charge in [0.15, 0.2) is 4.34 Å². The second kappa shape index (κ2) is 7.57. The van der Waals surface area contributed by atoms with E-state index in [2.05, 4.69) is 10.3 Å². The van der Waals surface area contributed by atoms with Crippen molar-refractivity contribution in [2.75, 3.05) is 30.1 Å². The third-order valence-electron chi connectivity index (χ3n) is 3.99. The van der Waals surface area contributed by atoms with Gasteiger partial charge in [0.2, 0.25) is 5.91 Å². The molecule has 0 unspecified atom stereocenters. The molecule has 0 radical (unpaired) electrons. The van der Waals surface area contributed by atoms with Crippen molar-refractivity contribution in [1.82, 2.24) is 14.1 Å². The first-order valence-electron chi connectivity index (χ1n) is 8.04. The van der Waals surface area contributed by atoms with Crippen molar-refractivity contribution in [1.29, 1.82) is 0 Å². The van der Waals surface area contributed by atoms with Gasteiger partial charge in [0.05, 0.1) is 16.0 Å². The van der Waals surface area contributed by atoms with Gasteiger partial charge in [0, 0.05) is 39.9 Å². The number of carbonyl (C=O) groups is 1. The van der Waals surface area contributed by atoms with Crippen molar-refractivity contribution in [3.8, 4) is 0 Å². The van der Waals surface area contributed by atoms with Gasteiger partial charge >= 0.3 is 5.69 Å². The highest BCUT2D eigenvalue weighted by molar-refractivity contribution is 8.01. The first-order chi connectivity index (χ1) is 12.8. The lowest BCUT2D eigenvalue weighted by molar-refractivity contribution is -0.113. The first-order valence-corrected chi connectivity index (χ1v) is 9.84. The van der Waals surface area contributed by atoms with E-state index in [0.29, 0.717) is 0 Å². The zero-order valence-corrected chi connectivity index (χ0v) is 17.0. The van der Waals surface area contributed by atoms with Crippen molar-refractivity contribution >= 4 is 50.7 Å². The topological polar surface area (TPSA) is 89.2 Å². The summed E-state index contributed by atoms with van der Waals surface area (Å²) in [5, 5.41) is 2.61. The number of hydrogen-bond acceptors (Lipinski definition) is 7. The van der Waals surface area contributed by atoms with Crippen LogP contribution in [0.4, 0.5) is 11.5 Å². The molecule has 0 fully saturated rings. The number of thiazole rings is 1. The molecule has 0 saturated carbocycles. The smallest absolute Gasteiger partial charge is 0.332 e. The molecule has 2 heterocycles. The fourth-order valence-corrected chi connectivity index (χ4v) is 4.24. The predicted octanol–water partition coefficient (Wildman–Crippen LogP) is 1.49. The molecule has 0 aliphatic carbocycles. The predicted molar refractivity (Wildman–Crippen MR) is 110 cm³/mol. The molecule has 0 aliphatic heterocycles. The van der Waals surface area contributed by atoms with E-state index in [1.54, 1.807) is 0 Å². The van der Waals surface area contributed by atoms with Gasteiger partial charge in [0.1, 0.15) is 5.82 Å². The molecule has 0 bridgehead atoms. The number of amides is 1. The van der Waals surface area contributed by atoms with Crippen LogP contribution in [0, 0.1) is 0 Å². The van der Waals surface area contributed by atoms with E-state index in [1.165, 1.54) is 47.8 Å². The van der Waals surface area contributed by atoms with Crippen LogP contribution in [0.2, 0.25) is 0 Å². The van der Waals surface area contributed by atoms with Crippen LogP contribution in [0.25, 0.3) is 10.2 Å². The third kappa shape index (κ3) is 4.06. The van der Waals surface area contributed by atoms with E-state index < -0.39 is 11.2 Å². The van der Waals surface area contributed by atoms with Gasteiger partial charge in [0.25, 0.3) is 5.56 Å². The number of thioether (sulfide) groups is 1. The molecule has 2 aromatic heterocycles. The summed E-state index contributed by atoms with van der Waals surface area (Å²) >= 11 is 2.84. The Labute approximate surface area is 163 Å². The number of benzene rings is 1. The van der Waals surface area contributed by atoms with E-state index in [-0.39, 0.29) is 17.5 Å². The summed E-state index contributed by atoms with van der Waals surface area (Å²) in [6.45, 7) is 0. The standard InChI is InChI=1S/C17H19N5O3S2/c1-20(2)10-5-6-12-11(7-10)18-16(27-12)26-9-14(23)19-13-8-15(24)22(4)17(25)21(13)3/h5-8H,9H2,1-4H3,(H,19,23). The van der Waals surface area contributed by atoms with Crippen LogP contribution < -0.4 is 21.5 Å². The molecule has 3 rings (SSSR count). The number of nitrogens with one attached hydrogen (secondary N) is 1. The maximum Gasteiger partial charge on any atom is 0.332 e. The molecule has 0 atom stereocenters. The maximum atomic E-state index is 12.2. The molecule has 0 spiro atoms. The summed E-state index contributed by atoms with van der Waals surface area (Å²) in [5.74, 6) is -0.00542. The molecule has 0 saturated heterocycles. The van der Waals surface area contributed by atoms with Crippen molar-refractivity contribution in [3.63, 3.8) is 0 Å². The molecule has 0 aliphatic rings. The van der Waals surface area contributed by atoms with Gasteiger partial charge in [-0.15, -0.1) is 11.3 Å². The van der Waals surface area contributed by atoms with Gasteiger partial charge in [-0.3, -0.25) is 18.7 Å². The average Bonchev–Trinajstić information content (AvgIpc) is 3.04. The number of aromatic nitrogens is 3. The molecule has 27 heavy (non-hydrogen) atoms. The fraction of sp³-hybridized carbons (Fsp3) is 0.294. The normalized spacial score (nSPS) is 11.0. The quantitative estimate of drug-likeness (QED) is 0.647. The zero-order chi connectivity index (χ0) is 19.7. The minimum atomic E-state index is -0.492. The Morgan fingerprint density at radius 3 is 2.67 bits per heavy atom. The molecule has 3 aromatic rings. The van der Waals surface area contributed by atoms with Crippen LogP contribution in [-0.4, -0.2) is 39.9 Å². The van der Waals surface area contributed by atoms with Crippen LogP contribution in [-0.2, 0) is 18.9 Å². The van der Waals surface area contributed by atoms with E-state index in [0.717, 1.165) is 24.8 Å². The number of hydrogen-bond donors (Lipinski definition) is 1. The van der Waals surface area contributed by atoms with Crippen LogP contribution in [0.5, 0.6) is 0 Å². The number of rotatable bonds is 5. The van der Waals surface area contributed by atoms with Crippen LogP contribution in [0.15, 0.2) is 38.2 Å². The molecular weight excluding hydrogens is 386 g/mol. The third-order valence-corrected chi connectivity index (χ3v) is 6.17. The molecule has 1 amide bonds. The minimum absolute atomic E-state index is 0.129. The zero-order valence-electron chi connectivity index (χ0n) is 15.3. The molecule has 142 valence electrons. The summed E-state index contributed by atoms with van der Waals surface area (Å²) in [5.41, 5.74) is 0.994. The number of carbonyl (C=O) groups excluding carboxylic acids is 1. The van der Waals surface area contributed by atoms with Gasteiger partial charge in [-0.1, -0.05) is 11.8 Å². The monoisotopic (exact) mass is 405 g/mol. The molecule has 8 nitrogen and oxygen atoms in total. The van der Waals surface area contributed by atoms with Gasteiger partial charge in [-0.25, -0.2) is 9.78 Å². The lowest BCUT2D eigenvalue weighted by atomic mass is 10.3. The second-order valence-corrected chi connectivity index (χ2v) is 8.38. The largest absolute Gasteiger partial charge is 0.378 e. The maximum absolute atomic E-state index is 12.2. The van der Waals surface area contributed by atoms with Crippen LogP contribution in [0.3, 0.4) is 0 Å². The average molecular weight is 406 g/mol. The lowest BCUT2D eigenvalue weighted by Crippen LogP contribution is -2.38. The highest BCUT2D eigenvalue weighted by Gasteiger charge is 2.12. The van der Waals surface area contributed by atoms with Crippen molar-refractivity contribution < 1.29 is 4.79 Å². The molecule has 1 aromatic carbocycles. The van der Waals surface area contributed by atoms with Crippen molar-refractivity contribution in [2.24, 2.45) is 14.1 Å². The summed E-state index contributed by atoms with van der Waals surface area (Å²) in [4.78, 5) is 42.4. The van der Waals surface area contributed by atoms with Gasteiger partial charge in [-0.2, -0.15) is 0 Å². The number of anilines is 2. The van der Waals surface area contributed by atoms with Crippen molar-refractivity contribution in [2.45, 2.75) is 4.34 Å². The Morgan fingerprint density at radius 2 is 1.96 bits per heavy atom. The Bertz CT molecular complexity index is 1130. The first kappa shape index (κ1) is 19.2.